The first-order valence-electron chi connectivity index (χ1n) is 9.73. The van der Waals surface area contributed by atoms with Gasteiger partial charge < -0.3 is 20.3 Å². The van der Waals surface area contributed by atoms with E-state index in [1.54, 1.807) is 0 Å². The molecular formula is C24H20FNO5. The minimum atomic E-state index is -1.93. The molecular weight excluding hydrogens is 401 g/mol. The predicted molar refractivity (Wildman–Crippen MR) is 111 cm³/mol. The number of carboxylic acid groups (broad SMARTS) is 1. The fourth-order valence-corrected chi connectivity index (χ4v) is 3.92. The van der Waals surface area contributed by atoms with Crippen molar-refractivity contribution >= 4 is 12.1 Å². The van der Waals surface area contributed by atoms with Gasteiger partial charge in [0.25, 0.3) is 0 Å². The number of alkyl carbamates (subject to hydrolysis) is 1. The molecule has 6 nitrogen and oxygen atoms in total. The number of halogens is 1. The number of nitrogens with one attached hydrogen (secondary N) is 1. The Morgan fingerprint density at radius 1 is 0.935 bits per heavy atom. The highest BCUT2D eigenvalue weighted by molar-refractivity contribution is 5.79. The minimum Gasteiger partial charge on any atom is -0.479 e. The van der Waals surface area contributed by atoms with Crippen molar-refractivity contribution in [1.82, 2.24) is 5.32 Å². The molecule has 0 bridgehead atoms. The van der Waals surface area contributed by atoms with Crippen LogP contribution in [-0.2, 0) is 9.53 Å². The van der Waals surface area contributed by atoms with Gasteiger partial charge in [-0.15, -0.1) is 0 Å². The maximum atomic E-state index is 13.2. The van der Waals surface area contributed by atoms with Gasteiger partial charge in [-0.05, 0) is 39.9 Å². The molecule has 1 aliphatic rings. The van der Waals surface area contributed by atoms with Crippen LogP contribution in [0.3, 0.4) is 0 Å². The van der Waals surface area contributed by atoms with Gasteiger partial charge in [-0.2, -0.15) is 0 Å². The van der Waals surface area contributed by atoms with E-state index in [-0.39, 0.29) is 18.1 Å². The predicted octanol–water partition coefficient (Wildman–Crippen LogP) is 3.85. The lowest BCUT2D eigenvalue weighted by molar-refractivity contribution is -0.148. The molecule has 0 aliphatic heterocycles. The Balaban J connectivity index is 1.50. The lowest BCUT2D eigenvalue weighted by Crippen LogP contribution is -2.40. The first-order chi connectivity index (χ1) is 15.0. The summed E-state index contributed by atoms with van der Waals surface area (Å²) >= 11 is 0. The maximum absolute atomic E-state index is 13.2. The summed E-state index contributed by atoms with van der Waals surface area (Å²) in [6, 6.07) is 19.3. The lowest BCUT2D eigenvalue weighted by atomic mass is 9.98. The topological polar surface area (TPSA) is 95.9 Å². The number of carbonyl (C=O) groups excluding carboxylic acids is 1. The molecule has 0 spiro atoms. The summed E-state index contributed by atoms with van der Waals surface area (Å²) in [5, 5.41) is 21.6. The quantitative estimate of drug-likeness (QED) is 0.562. The highest BCUT2D eigenvalue weighted by Gasteiger charge is 2.32. The largest absolute Gasteiger partial charge is 0.479 e. The van der Waals surface area contributed by atoms with E-state index in [1.165, 1.54) is 12.1 Å². The molecule has 7 heteroatoms. The molecule has 0 saturated heterocycles. The van der Waals surface area contributed by atoms with Crippen molar-refractivity contribution in [3.8, 4) is 11.1 Å². The molecule has 0 aromatic heterocycles. The second-order valence-electron chi connectivity index (χ2n) is 7.28. The first kappa shape index (κ1) is 20.6. The Labute approximate surface area is 177 Å². The van der Waals surface area contributed by atoms with Crippen LogP contribution in [0.2, 0.25) is 0 Å². The fraction of sp³-hybridized carbons (Fsp3) is 0.167. The van der Waals surface area contributed by atoms with E-state index in [0.29, 0.717) is 0 Å². The Morgan fingerprint density at radius 3 is 2.03 bits per heavy atom. The van der Waals surface area contributed by atoms with Crippen molar-refractivity contribution in [3.63, 3.8) is 0 Å². The molecule has 1 amide bonds. The fourth-order valence-electron chi connectivity index (χ4n) is 3.92. The number of carbonyl (C=O) groups is 2. The van der Waals surface area contributed by atoms with E-state index in [9.17, 15) is 24.2 Å². The van der Waals surface area contributed by atoms with E-state index >= 15 is 0 Å². The van der Waals surface area contributed by atoms with Gasteiger partial charge >= 0.3 is 12.1 Å². The van der Waals surface area contributed by atoms with Crippen LogP contribution in [0.4, 0.5) is 9.18 Å². The Bertz CT molecular complexity index is 1070. The van der Waals surface area contributed by atoms with Gasteiger partial charge in [-0.1, -0.05) is 60.7 Å². The number of hydrogen-bond donors (Lipinski definition) is 3. The molecule has 0 saturated carbocycles. The van der Waals surface area contributed by atoms with Crippen molar-refractivity contribution in [3.05, 3.63) is 95.3 Å². The van der Waals surface area contributed by atoms with Crippen LogP contribution in [0.1, 0.15) is 28.7 Å². The van der Waals surface area contributed by atoms with Crippen molar-refractivity contribution < 1.29 is 28.9 Å². The molecule has 158 valence electrons. The number of aliphatic carboxylic acids is 1. The highest BCUT2D eigenvalue weighted by atomic mass is 19.1. The zero-order valence-corrected chi connectivity index (χ0v) is 16.4. The van der Waals surface area contributed by atoms with Crippen molar-refractivity contribution in [1.29, 1.82) is 0 Å². The van der Waals surface area contributed by atoms with Crippen LogP contribution in [0, 0.1) is 5.82 Å². The Morgan fingerprint density at radius 2 is 1.48 bits per heavy atom. The third-order valence-electron chi connectivity index (χ3n) is 5.41. The number of benzene rings is 3. The number of ether oxygens (including phenoxy) is 1. The number of amides is 1. The molecule has 0 heterocycles. The summed E-state index contributed by atoms with van der Waals surface area (Å²) in [4.78, 5) is 23.8. The second kappa shape index (κ2) is 8.57. The summed E-state index contributed by atoms with van der Waals surface area (Å²) in [7, 11) is 0. The number of carboxylic acids is 1. The molecule has 2 atom stereocenters. The third kappa shape index (κ3) is 4.13. The van der Waals surface area contributed by atoms with Gasteiger partial charge in [-0.25, -0.2) is 14.0 Å². The molecule has 3 aromatic carbocycles. The molecule has 0 unspecified atom stereocenters. The smallest absolute Gasteiger partial charge is 0.407 e. The van der Waals surface area contributed by atoms with E-state index in [1.807, 2.05) is 48.5 Å². The Hall–Kier alpha value is -3.71. The third-order valence-corrected chi connectivity index (χ3v) is 5.41. The van der Waals surface area contributed by atoms with Gasteiger partial charge in [-0.3, -0.25) is 0 Å². The van der Waals surface area contributed by atoms with Crippen LogP contribution in [0.5, 0.6) is 0 Å². The number of aliphatic hydroxyl groups excluding tert-OH is 1. The van der Waals surface area contributed by atoms with Gasteiger partial charge in [0.15, 0.2) is 6.10 Å². The summed E-state index contributed by atoms with van der Waals surface area (Å²) in [5.74, 6) is -2.20. The standard InChI is InChI=1S/C24H20FNO5/c25-15-11-9-14(10-12-15)21(22(27)23(28)29)26-24(30)31-13-20-18-7-3-1-5-16(18)17-6-2-4-8-19(17)20/h1-12,20-22,27H,13H2,(H,26,30)(H,28,29)/t21-,22-/m0/s1. The van der Waals surface area contributed by atoms with Crippen LogP contribution in [0.25, 0.3) is 11.1 Å². The van der Waals surface area contributed by atoms with Gasteiger partial charge in [0, 0.05) is 5.92 Å². The zero-order valence-electron chi connectivity index (χ0n) is 16.4. The normalized spacial score (nSPS) is 14.3. The van der Waals surface area contributed by atoms with Crippen molar-refractivity contribution in [2.75, 3.05) is 6.61 Å². The first-order valence-corrected chi connectivity index (χ1v) is 9.73. The monoisotopic (exact) mass is 421 g/mol. The zero-order chi connectivity index (χ0) is 22.0. The number of rotatable bonds is 6. The molecule has 3 N–H and O–H groups in total. The van der Waals surface area contributed by atoms with E-state index < -0.39 is 30.0 Å². The molecule has 1 aliphatic carbocycles. The molecule has 3 aromatic rings. The second-order valence-corrected chi connectivity index (χ2v) is 7.28. The number of fused-ring (bicyclic) bond motifs is 3. The SMILES string of the molecule is O=C(N[C@@H](c1ccc(F)cc1)[C@H](O)C(=O)O)OCC1c2ccccc2-c2ccccc21. The van der Waals surface area contributed by atoms with Crippen LogP contribution >= 0.6 is 0 Å². The summed E-state index contributed by atoms with van der Waals surface area (Å²) < 4.78 is 18.6. The van der Waals surface area contributed by atoms with Gasteiger partial charge in [0.05, 0.1) is 6.04 Å². The summed E-state index contributed by atoms with van der Waals surface area (Å²) in [5.41, 5.74) is 4.48. The average molecular weight is 421 g/mol. The van der Waals surface area contributed by atoms with E-state index in [2.05, 4.69) is 5.32 Å². The van der Waals surface area contributed by atoms with Gasteiger partial charge in [0.1, 0.15) is 12.4 Å². The van der Waals surface area contributed by atoms with E-state index in [0.717, 1.165) is 34.4 Å². The average Bonchev–Trinajstić information content (AvgIpc) is 3.10. The number of hydrogen-bond acceptors (Lipinski definition) is 4. The van der Waals surface area contributed by atoms with Crippen molar-refractivity contribution in [2.24, 2.45) is 0 Å². The molecule has 31 heavy (non-hydrogen) atoms. The summed E-state index contributed by atoms with van der Waals surface area (Å²) in [6.45, 7) is 0.0408. The minimum absolute atomic E-state index is 0.0408. The van der Waals surface area contributed by atoms with Crippen molar-refractivity contribution in [2.45, 2.75) is 18.1 Å². The van der Waals surface area contributed by atoms with Crippen LogP contribution in [0.15, 0.2) is 72.8 Å². The van der Waals surface area contributed by atoms with Gasteiger partial charge in [0.2, 0.25) is 0 Å². The van der Waals surface area contributed by atoms with Crippen LogP contribution in [-0.4, -0.2) is 35.0 Å². The summed E-state index contributed by atoms with van der Waals surface area (Å²) in [6.07, 6.45) is -2.80. The number of aliphatic hydroxyl groups is 1. The molecule has 0 fully saturated rings. The molecule has 4 rings (SSSR count). The highest BCUT2D eigenvalue weighted by Crippen LogP contribution is 2.44. The maximum Gasteiger partial charge on any atom is 0.407 e. The van der Waals surface area contributed by atoms with E-state index in [4.69, 9.17) is 4.74 Å². The Kier molecular flexibility index (Phi) is 5.68. The lowest BCUT2D eigenvalue weighted by Gasteiger charge is -2.22. The molecule has 0 radical (unpaired) electrons. The van der Waals surface area contributed by atoms with Crippen LogP contribution < -0.4 is 5.32 Å².